The minimum Gasteiger partial charge on any atom is -0.465 e. The first kappa shape index (κ1) is 28.7. The summed E-state index contributed by atoms with van der Waals surface area (Å²) in [6.45, 7) is 3.62. The van der Waals surface area contributed by atoms with Gasteiger partial charge in [-0.15, -0.1) is 0 Å². The minimum absolute atomic E-state index is 0.105. The second-order valence-electron chi connectivity index (χ2n) is 10.9. The van der Waals surface area contributed by atoms with E-state index in [4.69, 9.17) is 14.5 Å². The second-order valence-corrected chi connectivity index (χ2v) is 10.9. The molecule has 0 radical (unpaired) electrons. The Hall–Kier alpha value is -4.38. The fourth-order valence-corrected chi connectivity index (χ4v) is 5.99. The van der Waals surface area contributed by atoms with Crippen LogP contribution in [0.1, 0.15) is 64.5 Å². The van der Waals surface area contributed by atoms with Crippen LogP contribution in [0.25, 0.3) is 10.9 Å². The summed E-state index contributed by atoms with van der Waals surface area (Å²) in [5.74, 6) is -0.165. The van der Waals surface area contributed by atoms with Crippen LogP contribution in [0.5, 0.6) is 0 Å². The summed E-state index contributed by atoms with van der Waals surface area (Å²) in [6.07, 6.45) is -3.60. The number of nitrogens with zero attached hydrogens (tertiary/aromatic N) is 3. The molecule has 8 nitrogen and oxygen atoms in total. The first-order valence-electron chi connectivity index (χ1n) is 14.2. The van der Waals surface area contributed by atoms with E-state index in [1.54, 1.807) is 35.8 Å². The van der Waals surface area contributed by atoms with E-state index < -0.39 is 29.3 Å². The van der Waals surface area contributed by atoms with Crippen LogP contribution in [-0.4, -0.2) is 35.8 Å². The van der Waals surface area contributed by atoms with Crippen LogP contribution in [0, 0.1) is 0 Å². The summed E-state index contributed by atoms with van der Waals surface area (Å²) in [7, 11) is 1.26. The largest absolute Gasteiger partial charge is 0.465 e. The van der Waals surface area contributed by atoms with Gasteiger partial charge in [0.15, 0.2) is 0 Å². The Kier molecular flexibility index (Phi) is 7.59. The van der Waals surface area contributed by atoms with Gasteiger partial charge >= 0.3 is 12.1 Å². The Morgan fingerprint density at radius 3 is 2.35 bits per heavy atom. The summed E-state index contributed by atoms with van der Waals surface area (Å²) in [4.78, 5) is 33.7. The molecule has 1 fully saturated rings. The smallest absolute Gasteiger partial charge is 0.416 e. The van der Waals surface area contributed by atoms with Crippen molar-refractivity contribution in [3.63, 3.8) is 0 Å². The normalized spacial score (nSPS) is 16.3. The number of aromatic nitrogens is 2. The number of nitrogens with one attached hydrogen (secondary N) is 1. The summed E-state index contributed by atoms with van der Waals surface area (Å²) < 4.78 is 54.7. The molecule has 6 rings (SSSR count). The molecular formula is C32H31F3N4O4. The molecule has 3 aromatic carbocycles. The maximum Gasteiger partial charge on any atom is 0.416 e. The molecule has 0 spiro atoms. The van der Waals surface area contributed by atoms with Crippen LogP contribution in [-0.2, 0) is 28.7 Å². The number of rotatable bonds is 6. The number of hydrogen-bond donors (Lipinski definition) is 1. The van der Waals surface area contributed by atoms with Crippen molar-refractivity contribution in [2.45, 2.75) is 51.1 Å². The van der Waals surface area contributed by atoms with Gasteiger partial charge in [-0.25, -0.2) is 9.78 Å². The quantitative estimate of drug-likeness (QED) is 0.265. The van der Waals surface area contributed by atoms with Crippen LogP contribution < -0.4 is 15.8 Å². The number of ether oxygens (including phenoxy) is 2. The lowest BCUT2D eigenvalue weighted by atomic mass is 9.99. The number of halogens is 3. The number of hydrogen-bond acceptors (Lipinski definition) is 7. The van der Waals surface area contributed by atoms with Gasteiger partial charge in [0.1, 0.15) is 0 Å². The Balaban J connectivity index is 1.54. The number of para-hydroxylation sites is 1. The van der Waals surface area contributed by atoms with Crippen molar-refractivity contribution in [2.24, 2.45) is 0 Å². The Morgan fingerprint density at radius 1 is 1.05 bits per heavy atom. The molecule has 1 aromatic heterocycles. The lowest BCUT2D eigenvalue weighted by Gasteiger charge is -2.30. The molecule has 0 bridgehead atoms. The molecule has 2 aliphatic rings. The molecule has 1 saturated heterocycles. The third-order valence-electron chi connectivity index (χ3n) is 8.19. The van der Waals surface area contributed by atoms with Crippen LogP contribution in [0.3, 0.4) is 0 Å². The van der Waals surface area contributed by atoms with Gasteiger partial charge in [0.25, 0.3) is 5.56 Å². The summed E-state index contributed by atoms with van der Waals surface area (Å²) in [5.41, 5.74) is 1.76. The number of fused-ring (bicyclic) bond motifs is 2. The van der Waals surface area contributed by atoms with Crippen molar-refractivity contribution in [1.82, 2.24) is 9.55 Å². The highest BCUT2D eigenvalue weighted by Crippen LogP contribution is 2.38. The predicted octanol–water partition coefficient (Wildman–Crippen LogP) is 6.25. The molecule has 1 atom stereocenters. The SMILES string of the molecule is COC(=O)c1ccccc1NC(C)c1cc(C(F)(F)F)cc2c(=O)n(C3CCOCC3)c(N3Cc4ccccc4C3)nc12. The highest BCUT2D eigenvalue weighted by atomic mass is 19.4. The molecule has 0 amide bonds. The summed E-state index contributed by atoms with van der Waals surface area (Å²) >= 11 is 0. The van der Waals surface area contributed by atoms with Crippen LogP contribution in [0.2, 0.25) is 0 Å². The molecular weight excluding hydrogens is 561 g/mol. The molecule has 0 saturated carbocycles. The zero-order chi connectivity index (χ0) is 30.3. The maximum absolute atomic E-state index is 14.3. The Morgan fingerprint density at radius 2 is 1.70 bits per heavy atom. The lowest BCUT2D eigenvalue weighted by Crippen LogP contribution is -2.35. The minimum atomic E-state index is -4.70. The van der Waals surface area contributed by atoms with Crippen molar-refractivity contribution in [1.29, 1.82) is 0 Å². The lowest BCUT2D eigenvalue weighted by molar-refractivity contribution is -0.137. The fourth-order valence-electron chi connectivity index (χ4n) is 5.99. The third kappa shape index (κ3) is 5.45. The zero-order valence-electron chi connectivity index (χ0n) is 23.8. The molecule has 0 aliphatic carbocycles. The van der Waals surface area contributed by atoms with Gasteiger partial charge in [-0.3, -0.25) is 9.36 Å². The van der Waals surface area contributed by atoms with E-state index in [2.05, 4.69) is 5.32 Å². The van der Waals surface area contributed by atoms with E-state index in [9.17, 15) is 22.8 Å². The van der Waals surface area contributed by atoms with Crippen molar-refractivity contribution < 1.29 is 27.4 Å². The third-order valence-corrected chi connectivity index (χ3v) is 8.19. The number of alkyl halides is 3. The Bertz CT molecular complexity index is 1720. The maximum atomic E-state index is 14.3. The molecule has 11 heteroatoms. The van der Waals surface area contributed by atoms with Gasteiger partial charge in [0.2, 0.25) is 5.95 Å². The number of anilines is 2. The van der Waals surface area contributed by atoms with E-state index in [1.807, 2.05) is 29.2 Å². The number of methoxy groups -OCH3 is 1. The van der Waals surface area contributed by atoms with Gasteiger partial charge in [0.05, 0.1) is 35.2 Å². The van der Waals surface area contributed by atoms with E-state index in [0.29, 0.717) is 50.8 Å². The highest BCUT2D eigenvalue weighted by Gasteiger charge is 2.35. The number of carbonyl (C=O) groups excluding carboxylic acids is 1. The highest BCUT2D eigenvalue weighted by molar-refractivity contribution is 5.95. The number of esters is 1. The fraction of sp³-hybridized carbons (Fsp3) is 0.344. The number of benzene rings is 3. The van der Waals surface area contributed by atoms with Crippen molar-refractivity contribution >= 4 is 28.5 Å². The van der Waals surface area contributed by atoms with E-state index >= 15 is 0 Å². The first-order valence-corrected chi connectivity index (χ1v) is 14.2. The summed E-state index contributed by atoms with van der Waals surface area (Å²) in [5, 5.41) is 3.06. The average Bonchev–Trinajstić information content (AvgIpc) is 3.45. The predicted molar refractivity (Wildman–Crippen MR) is 156 cm³/mol. The second kappa shape index (κ2) is 11.4. The van der Waals surface area contributed by atoms with E-state index in [1.165, 1.54) is 7.11 Å². The molecule has 43 heavy (non-hydrogen) atoms. The van der Waals surface area contributed by atoms with Crippen molar-refractivity contribution in [3.8, 4) is 0 Å². The van der Waals surface area contributed by atoms with Gasteiger partial charge in [0, 0.05) is 43.6 Å². The van der Waals surface area contributed by atoms with Gasteiger partial charge in [-0.1, -0.05) is 36.4 Å². The first-order chi connectivity index (χ1) is 20.7. The monoisotopic (exact) mass is 592 g/mol. The van der Waals surface area contributed by atoms with Crippen LogP contribution >= 0.6 is 0 Å². The van der Waals surface area contributed by atoms with E-state index in [-0.39, 0.29) is 28.1 Å². The van der Waals surface area contributed by atoms with Crippen molar-refractivity contribution in [3.05, 3.63) is 98.8 Å². The molecule has 4 aromatic rings. The average molecular weight is 593 g/mol. The summed E-state index contributed by atoms with van der Waals surface area (Å²) in [6, 6.07) is 15.5. The molecule has 1 N–H and O–H groups in total. The van der Waals surface area contributed by atoms with Crippen LogP contribution in [0.15, 0.2) is 65.5 Å². The van der Waals surface area contributed by atoms with Crippen LogP contribution in [0.4, 0.5) is 24.8 Å². The standard InChI is InChI=1S/C32H31F3N4O4/c1-19(36-27-10-6-5-9-24(27)30(41)42-2)25-15-22(32(33,34)35)16-26-28(25)37-31(38-17-20-7-3-4-8-21(20)18-38)39(29(26)40)23-11-13-43-14-12-23/h3-10,15-16,19,23,36H,11-14,17-18H2,1-2H3. The molecule has 2 aliphatic heterocycles. The van der Waals surface area contributed by atoms with Crippen molar-refractivity contribution in [2.75, 3.05) is 30.5 Å². The molecule has 224 valence electrons. The number of carbonyl (C=O) groups is 1. The topological polar surface area (TPSA) is 85.7 Å². The van der Waals surface area contributed by atoms with E-state index in [0.717, 1.165) is 23.3 Å². The Labute approximate surface area is 246 Å². The zero-order valence-corrected chi connectivity index (χ0v) is 23.8. The van der Waals surface area contributed by atoms with Gasteiger partial charge < -0.3 is 19.7 Å². The van der Waals surface area contributed by atoms with Gasteiger partial charge in [-0.2, -0.15) is 13.2 Å². The molecule has 3 heterocycles. The van der Waals surface area contributed by atoms with Gasteiger partial charge in [-0.05, 0) is 55.2 Å². The molecule has 1 unspecified atom stereocenters.